The Morgan fingerprint density at radius 3 is 2.14 bits per heavy atom. The van der Waals surface area contributed by atoms with Gasteiger partial charge in [-0.25, -0.2) is 0 Å². The number of aldehydes is 1. The molecule has 0 aromatic heterocycles. The van der Waals surface area contributed by atoms with Crippen LogP contribution in [0.25, 0.3) is 0 Å². The lowest BCUT2D eigenvalue weighted by atomic mass is 10.0. The average molecular weight is 395 g/mol. The number of unbranched alkanes of at least 4 members (excludes halogenated alkanes) is 11. The first-order valence-corrected chi connectivity index (χ1v) is 12.2. The molecule has 0 aliphatic carbocycles. The van der Waals surface area contributed by atoms with Crippen molar-refractivity contribution in [3.63, 3.8) is 0 Å². The predicted molar refractivity (Wildman–Crippen MR) is 119 cm³/mol. The summed E-state index contributed by atoms with van der Waals surface area (Å²) in [6.07, 6.45) is 27.6. The molecule has 1 saturated heterocycles. The second kappa shape index (κ2) is 19.6. The molecule has 3 nitrogen and oxygen atoms in total. The molecule has 2 atom stereocenters. The third-order valence-electron chi connectivity index (χ3n) is 5.63. The molecular formula is C25H46O3. The fraction of sp³-hybridized carbons (Fsp3) is 0.880. The molecule has 1 fully saturated rings. The molecule has 0 N–H and O–H groups in total. The molecule has 1 aliphatic heterocycles. The molecule has 0 aromatic carbocycles. The van der Waals surface area contributed by atoms with E-state index in [1.54, 1.807) is 0 Å². The molecule has 0 saturated carbocycles. The monoisotopic (exact) mass is 394 g/mol. The maximum absolute atomic E-state index is 10.9. The lowest BCUT2D eigenvalue weighted by molar-refractivity contribution is -0.190. The Morgan fingerprint density at radius 1 is 0.893 bits per heavy atom. The van der Waals surface area contributed by atoms with Crippen molar-refractivity contribution in [2.75, 3.05) is 6.61 Å². The number of carbonyl (C=O) groups excluding carboxylic acids is 1. The molecule has 1 heterocycles. The van der Waals surface area contributed by atoms with Crippen molar-refractivity contribution < 1.29 is 14.3 Å². The zero-order valence-corrected chi connectivity index (χ0v) is 18.5. The zero-order valence-electron chi connectivity index (χ0n) is 18.5. The Kier molecular flexibility index (Phi) is 17.8. The van der Waals surface area contributed by atoms with Gasteiger partial charge in [0, 0.05) is 13.0 Å². The van der Waals surface area contributed by atoms with Crippen LogP contribution in [0.5, 0.6) is 0 Å². The van der Waals surface area contributed by atoms with E-state index in [-0.39, 0.29) is 12.4 Å². The molecular weight excluding hydrogens is 348 g/mol. The Hall–Kier alpha value is -0.670. The van der Waals surface area contributed by atoms with Crippen molar-refractivity contribution in [3.8, 4) is 0 Å². The van der Waals surface area contributed by atoms with Crippen molar-refractivity contribution in [2.45, 2.75) is 135 Å². The fourth-order valence-electron chi connectivity index (χ4n) is 3.82. The Morgan fingerprint density at radius 2 is 1.54 bits per heavy atom. The van der Waals surface area contributed by atoms with Crippen LogP contribution in [0.1, 0.15) is 122 Å². The lowest BCUT2D eigenvalue weighted by Crippen LogP contribution is -2.28. The van der Waals surface area contributed by atoms with E-state index in [1.807, 2.05) is 0 Å². The maximum atomic E-state index is 10.9. The summed E-state index contributed by atoms with van der Waals surface area (Å²) in [6, 6.07) is 0. The Labute approximate surface area is 174 Å². The van der Waals surface area contributed by atoms with Crippen molar-refractivity contribution in [2.24, 2.45) is 0 Å². The molecule has 28 heavy (non-hydrogen) atoms. The smallest absolute Gasteiger partial charge is 0.157 e. The highest BCUT2D eigenvalue weighted by Gasteiger charge is 2.19. The second-order valence-electron chi connectivity index (χ2n) is 8.33. The molecule has 0 radical (unpaired) electrons. The molecule has 0 amide bonds. The van der Waals surface area contributed by atoms with Crippen molar-refractivity contribution in [1.82, 2.24) is 0 Å². The summed E-state index contributed by atoms with van der Waals surface area (Å²) < 4.78 is 11.6. The first-order chi connectivity index (χ1) is 13.9. The van der Waals surface area contributed by atoms with E-state index in [0.717, 1.165) is 38.6 Å². The molecule has 0 spiro atoms. The summed E-state index contributed by atoms with van der Waals surface area (Å²) in [5.74, 6) is 0. The van der Waals surface area contributed by atoms with Crippen molar-refractivity contribution >= 4 is 6.29 Å². The minimum atomic E-state index is -0.0816. The third-order valence-corrected chi connectivity index (χ3v) is 5.63. The van der Waals surface area contributed by atoms with Crippen LogP contribution >= 0.6 is 0 Å². The van der Waals surface area contributed by atoms with E-state index >= 15 is 0 Å². The first kappa shape index (κ1) is 25.4. The lowest BCUT2D eigenvalue weighted by Gasteiger charge is -2.27. The highest BCUT2D eigenvalue weighted by molar-refractivity contribution is 5.50. The minimum Gasteiger partial charge on any atom is -0.353 e. The molecule has 3 heteroatoms. The fourth-order valence-corrected chi connectivity index (χ4v) is 3.82. The molecule has 0 bridgehead atoms. The average Bonchev–Trinajstić information content (AvgIpc) is 2.71. The first-order valence-electron chi connectivity index (χ1n) is 12.2. The SMILES string of the molecule is CCCCCCCCC=CCCCCCCC[C@@H](CC=O)OC1CCCCO1. The summed E-state index contributed by atoms with van der Waals surface area (Å²) in [5, 5.41) is 0. The second-order valence-corrected chi connectivity index (χ2v) is 8.33. The Balaban J connectivity index is 1.89. The van der Waals surface area contributed by atoms with Crippen molar-refractivity contribution in [3.05, 3.63) is 12.2 Å². The van der Waals surface area contributed by atoms with Gasteiger partial charge in [0.25, 0.3) is 0 Å². The van der Waals surface area contributed by atoms with E-state index in [2.05, 4.69) is 19.1 Å². The van der Waals surface area contributed by atoms with Gasteiger partial charge in [0.2, 0.25) is 0 Å². The van der Waals surface area contributed by atoms with E-state index in [0.29, 0.717) is 6.42 Å². The third kappa shape index (κ3) is 15.3. The van der Waals surface area contributed by atoms with Gasteiger partial charge in [-0.15, -0.1) is 0 Å². The number of ether oxygens (including phenoxy) is 2. The largest absolute Gasteiger partial charge is 0.353 e. The van der Waals surface area contributed by atoms with Gasteiger partial charge >= 0.3 is 0 Å². The van der Waals surface area contributed by atoms with Crippen LogP contribution in [0, 0.1) is 0 Å². The quantitative estimate of drug-likeness (QED) is 0.129. The van der Waals surface area contributed by atoms with E-state index in [4.69, 9.17) is 9.47 Å². The standard InChI is InChI=1S/C25H46O3/c1-2-3-4-5-6-7-8-9-10-11-12-13-14-15-16-19-24(21-22-26)28-25-20-17-18-23-27-25/h9-10,22,24-25H,2-8,11-21,23H2,1H3/t24-,25?/m0/s1. The van der Waals surface area contributed by atoms with Crippen LogP contribution in [0.4, 0.5) is 0 Å². The normalized spacial score (nSPS) is 18.5. The summed E-state index contributed by atoms with van der Waals surface area (Å²) >= 11 is 0. The summed E-state index contributed by atoms with van der Waals surface area (Å²) in [4.78, 5) is 10.9. The van der Waals surface area contributed by atoms with Gasteiger partial charge in [-0.05, 0) is 51.4 Å². The number of hydrogen-bond acceptors (Lipinski definition) is 3. The van der Waals surface area contributed by atoms with Gasteiger partial charge in [-0.2, -0.15) is 0 Å². The van der Waals surface area contributed by atoms with Crippen molar-refractivity contribution in [1.29, 1.82) is 0 Å². The van der Waals surface area contributed by atoms with Crippen LogP contribution in [0.3, 0.4) is 0 Å². The summed E-state index contributed by atoms with van der Waals surface area (Å²) in [6.45, 7) is 3.07. The molecule has 1 unspecified atom stereocenters. The maximum Gasteiger partial charge on any atom is 0.157 e. The van der Waals surface area contributed by atoms with Crippen LogP contribution in [0.15, 0.2) is 12.2 Å². The predicted octanol–water partition coefficient (Wildman–Crippen LogP) is 7.52. The van der Waals surface area contributed by atoms with E-state index in [9.17, 15) is 4.79 Å². The van der Waals surface area contributed by atoms with Gasteiger partial charge in [0.1, 0.15) is 6.29 Å². The van der Waals surface area contributed by atoms with Gasteiger partial charge in [0.15, 0.2) is 6.29 Å². The topological polar surface area (TPSA) is 35.5 Å². The zero-order chi connectivity index (χ0) is 20.1. The van der Waals surface area contributed by atoms with Gasteiger partial charge in [0.05, 0.1) is 6.10 Å². The molecule has 1 rings (SSSR count). The van der Waals surface area contributed by atoms with Crippen LogP contribution in [0.2, 0.25) is 0 Å². The van der Waals surface area contributed by atoms with Crippen LogP contribution < -0.4 is 0 Å². The highest BCUT2D eigenvalue weighted by atomic mass is 16.7. The number of rotatable bonds is 19. The number of carbonyl (C=O) groups is 1. The van der Waals surface area contributed by atoms with Gasteiger partial charge in [-0.1, -0.05) is 76.9 Å². The number of allylic oxidation sites excluding steroid dienone is 2. The number of hydrogen-bond donors (Lipinski definition) is 0. The van der Waals surface area contributed by atoms with E-state index < -0.39 is 0 Å². The van der Waals surface area contributed by atoms with Crippen LogP contribution in [-0.2, 0) is 14.3 Å². The van der Waals surface area contributed by atoms with Gasteiger partial charge in [-0.3, -0.25) is 0 Å². The Bertz CT molecular complexity index is 361. The molecule has 164 valence electrons. The van der Waals surface area contributed by atoms with Gasteiger partial charge < -0.3 is 14.3 Å². The highest BCUT2D eigenvalue weighted by Crippen LogP contribution is 2.19. The van der Waals surface area contributed by atoms with E-state index in [1.165, 1.54) is 83.5 Å². The molecule has 1 aliphatic rings. The minimum absolute atomic E-state index is 0.0468. The van der Waals surface area contributed by atoms with Crippen LogP contribution in [-0.4, -0.2) is 25.3 Å². The summed E-state index contributed by atoms with van der Waals surface area (Å²) in [7, 11) is 0. The molecule has 0 aromatic rings. The summed E-state index contributed by atoms with van der Waals surface area (Å²) in [5.41, 5.74) is 0.